The molecule has 1 atom stereocenters. The summed E-state index contributed by atoms with van der Waals surface area (Å²) in [5.74, 6) is 0.820. The van der Waals surface area contributed by atoms with Crippen LogP contribution in [0, 0.1) is 6.08 Å². The Morgan fingerprint density at radius 2 is 2.05 bits per heavy atom. The maximum Gasteiger partial charge on any atom is 0.236 e. The number of benzene rings is 1. The van der Waals surface area contributed by atoms with Gasteiger partial charge in [-0.15, -0.1) is 17.8 Å². The largest absolute Gasteiger partial charge is 0.468 e. The second kappa shape index (κ2) is 9.03. The summed E-state index contributed by atoms with van der Waals surface area (Å²) in [4.78, 5) is 13.7. The number of nitrogens with zero attached hydrogens (tertiary/aromatic N) is 1. The summed E-state index contributed by atoms with van der Waals surface area (Å²) in [5, 5.41) is 0. The molecule has 1 aliphatic heterocycles. The van der Waals surface area contributed by atoms with E-state index < -0.39 is 0 Å². The zero-order valence-electron chi connectivity index (χ0n) is 12.1. The summed E-state index contributed by atoms with van der Waals surface area (Å²) in [6.45, 7) is 2.81. The standard InChI is InChI=1S/C15H17BrNO3.Y/c1-3-17-14(9-8-13(16)15(17)18)11-4-6-12(7-5-11)20-10-19-2;/h4-7,13H,3,8,10H2,1-2H3;/q-1;. The second-order valence-corrected chi connectivity index (χ2v) is 5.46. The van der Waals surface area contributed by atoms with Gasteiger partial charge in [0.25, 0.3) is 0 Å². The number of ether oxygens (including phenoxy) is 2. The average Bonchev–Trinajstić information content (AvgIpc) is 2.48. The van der Waals surface area contributed by atoms with Crippen molar-refractivity contribution in [1.29, 1.82) is 0 Å². The summed E-state index contributed by atoms with van der Waals surface area (Å²) in [7, 11) is 1.58. The van der Waals surface area contributed by atoms with Crippen molar-refractivity contribution in [3.63, 3.8) is 0 Å². The number of halogens is 1. The monoisotopic (exact) mass is 427 g/mol. The van der Waals surface area contributed by atoms with E-state index in [4.69, 9.17) is 9.47 Å². The number of rotatable bonds is 5. The van der Waals surface area contributed by atoms with Gasteiger partial charge in [-0.05, 0) is 19.1 Å². The van der Waals surface area contributed by atoms with Crippen molar-refractivity contribution in [3.8, 4) is 5.75 Å². The minimum Gasteiger partial charge on any atom is -0.468 e. The van der Waals surface area contributed by atoms with Gasteiger partial charge in [0.1, 0.15) is 5.75 Å². The first-order valence-electron chi connectivity index (χ1n) is 6.45. The van der Waals surface area contributed by atoms with Crippen molar-refractivity contribution in [1.82, 2.24) is 4.90 Å². The number of allylic oxidation sites excluding steroid dienone is 1. The van der Waals surface area contributed by atoms with Gasteiger partial charge < -0.3 is 14.4 Å². The third kappa shape index (κ3) is 4.62. The van der Waals surface area contributed by atoms with Gasteiger partial charge in [0, 0.05) is 46.4 Å². The Kier molecular flexibility index (Phi) is 8.10. The van der Waals surface area contributed by atoms with Crippen LogP contribution in [-0.2, 0) is 42.2 Å². The van der Waals surface area contributed by atoms with E-state index >= 15 is 0 Å². The van der Waals surface area contributed by atoms with Gasteiger partial charge in [-0.25, -0.2) is 6.08 Å². The van der Waals surface area contributed by atoms with Crippen molar-refractivity contribution in [2.45, 2.75) is 18.2 Å². The van der Waals surface area contributed by atoms with E-state index in [1.54, 1.807) is 12.0 Å². The molecule has 1 amide bonds. The predicted molar refractivity (Wildman–Crippen MR) is 80.3 cm³/mol. The van der Waals surface area contributed by atoms with Crippen molar-refractivity contribution < 1.29 is 47.0 Å². The minimum absolute atomic E-state index is 0. The van der Waals surface area contributed by atoms with Crippen LogP contribution in [0.3, 0.4) is 0 Å². The molecule has 111 valence electrons. The Labute approximate surface area is 158 Å². The molecule has 1 radical (unpaired) electrons. The van der Waals surface area contributed by atoms with Crippen LogP contribution in [-0.4, -0.2) is 36.1 Å². The van der Waals surface area contributed by atoms with E-state index in [-0.39, 0.29) is 50.2 Å². The van der Waals surface area contributed by atoms with E-state index in [0.717, 1.165) is 17.0 Å². The fourth-order valence-corrected chi connectivity index (χ4v) is 2.47. The summed E-state index contributed by atoms with van der Waals surface area (Å²) < 4.78 is 10.2. The molecule has 0 aliphatic carbocycles. The van der Waals surface area contributed by atoms with Crippen LogP contribution in [0.5, 0.6) is 5.75 Å². The molecular formula is C15H17BrNO3Y-. The van der Waals surface area contributed by atoms with Gasteiger partial charge in [-0.2, -0.15) is 5.56 Å². The van der Waals surface area contributed by atoms with E-state index in [2.05, 4.69) is 22.0 Å². The van der Waals surface area contributed by atoms with E-state index in [9.17, 15) is 4.79 Å². The van der Waals surface area contributed by atoms with Crippen LogP contribution >= 0.6 is 15.9 Å². The van der Waals surface area contributed by atoms with Crippen LogP contribution in [0.25, 0.3) is 5.70 Å². The van der Waals surface area contributed by atoms with Crippen LogP contribution in [0.15, 0.2) is 24.3 Å². The van der Waals surface area contributed by atoms with Crippen molar-refractivity contribution in [3.05, 3.63) is 35.9 Å². The van der Waals surface area contributed by atoms with Gasteiger partial charge in [-0.3, -0.25) is 4.79 Å². The van der Waals surface area contributed by atoms with Crippen molar-refractivity contribution >= 4 is 27.5 Å². The maximum atomic E-state index is 12.1. The minimum atomic E-state index is -0.171. The van der Waals surface area contributed by atoms with E-state index in [1.807, 2.05) is 31.2 Å². The molecule has 1 aliphatic rings. The fraction of sp³-hybridized carbons (Fsp3) is 0.400. The van der Waals surface area contributed by atoms with Gasteiger partial charge in [0.15, 0.2) is 6.79 Å². The van der Waals surface area contributed by atoms with Crippen molar-refractivity contribution in [2.75, 3.05) is 20.4 Å². The van der Waals surface area contributed by atoms with Crippen LogP contribution in [0.2, 0.25) is 0 Å². The van der Waals surface area contributed by atoms with Crippen molar-refractivity contribution in [2.24, 2.45) is 0 Å². The second-order valence-electron chi connectivity index (χ2n) is 4.35. The molecule has 1 unspecified atom stereocenters. The normalized spacial score (nSPS) is 18.0. The first-order valence-corrected chi connectivity index (χ1v) is 7.37. The molecule has 6 heteroatoms. The van der Waals surface area contributed by atoms with Gasteiger partial charge in [0.2, 0.25) is 5.91 Å². The number of methoxy groups -OCH3 is 1. The van der Waals surface area contributed by atoms with E-state index in [1.165, 1.54) is 0 Å². The number of amides is 1. The number of hydrogen-bond acceptors (Lipinski definition) is 3. The SMILES string of the molecule is CCN1C(=O)C(Br)C[C-]=C1c1ccc(OCOC)cc1.[Y]. The summed E-state index contributed by atoms with van der Waals surface area (Å²) in [6, 6.07) is 7.58. The molecule has 0 saturated heterocycles. The predicted octanol–water partition coefficient (Wildman–Crippen LogP) is 2.83. The number of hydrogen-bond donors (Lipinski definition) is 0. The zero-order valence-corrected chi connectivity index (χ0v) is 16.6. The van der Waals surface area contributed by atoms with Gasteiger partial charge in [0.05, 0.1) is 4.83 Å². The van der Waals surface area contributed by atoms with Crippen LogP contribution in [0.4, 0.5) is 0 Å². The topological polar surface area (TPSA) is 38.8 Å². The summed E-state index contributed by atoms with van der Waals surface area (Å²) in [6.07, 6.45) is 3.88. The summed E-state index contributed by atoms with van der Waals surface area (Å²) >= 11 is 3.37. The number of alkyl halides is 1. The Morgan fingerprint density at radius 1 is 1.38 bits per heavy atom. The smallest absolute Gasteiger partial charge is 0.236 e. The molecule has 0 aromatic heterocycles. The summed E-state index contributed by atoms with van der Waals surface area (Å²) in [5.41, 5.74) is 1.80. The first kappa shape index (κ1) is 18.8. The maximum absolute atomic E-state index is 12.1. The molecule has 21 heavy (non-hydrogen) atoms. The average molecular weight is 428 g/mol. The molecule has 0 N–H and O–H groups in total. The first-order chi connectivity index (χ1) is 9.67. The quantitative estimate of drug-likeness (QED) is 0.412. The van der Waals surface area contributed by atoms with E-state index in [0.29, 0.717) is 13.0 Å². The Morgan fingerprint density at radius 3 is 2.62 bits per heavy atom. The fourth-order valence-electron chi connectivity index (χ4n) is 2.06. The Balaban J connectivity index is 0.00000220. The number of carbonyl (C=O) groups is 1. The molecule has 1 heterocycles. The molecule has 0 saturated carbocycles. The molecule has 4 nitrogen and oxygen atoms in total. The molecule has 0 fully saturated rings. The molecule has 1 aromatic carbocycles. The number of carbonyl (C=O) groups excluding carboxylic acids is 1. The third-order valence-electron chi connectivity index (χ3n) is 3.04. The zero-order chi connectivity index (χ0) is 14.5. The van der Waals surface area contributed by atoms with Gasteiger partial charge in [-0.1, -0.05) is 22.4 Å². The molecule has 0 bridgehead atoms. The van der Waals surface area contributed by atoms with Crippen LogP contribution < -0.4 is 4.74 Å². The molecule has 1 aromatic rings. The third-order valence-corrected chi connectivity index (χ3v) is 3.76. The molecule has 0 spiro atoms. The molecule has 2 rings (SSSR count). The molecular weight excluding hydrogens is 411 g/mol. The Bertz CT molecular complexity index is 504. The Hall–Kier alpha value is -0.226. The van der Waals surface area contributed by atoms with Crippen LogP contribution in [0.1, 0.15) is 18.9 Å². The van der Waals surface area contributed by atoms with Gasteiger partial charge >= 0.3 is 0 Å².